The van der Waals surface area contributed by atoms with Gasteiger partial charge in [-0.05, 0) is 30.4 Å². The second kappa shape index (κ2) is 6.69. The van der Waals surface area contributed by atoms with Crippen LogP contribution in [0.25, 0.3) is 0 Å². The predicted octanol–water partition coefficient (Wildman–Crippen LogP) is 3.11. The molecule has 0 aliphatic heterocycles. The lowest BCUT2D eigenvalue weighted by molar-refractivity contribution is 0.460. The molecule has 1 saturated carbocycles. The average molecular weight is 286 g/mol. The average Bonchev–Trinajstić information content (AvgIpc) is 2.85. The Hall–Kier alpha value is -0.380. The number of hydrogen-bond acceptors (Lipinski definition) is 2. The van der Waals surface area contributed by atoms with Crippen molar-refractivity contribution in [1.29, 1.82) is 0 Å². The van der Waals surface area contributed by atoms with Crippen molar-refractivity contribution in [2.75, 3.05) is 5.75 Å². The topological polar surface area (TPSA) is 43.1 Å². The fourth-order valence-electron chi connectivity index (χ4n) is 2.58. The van der Waals surface area contributed by atoms with Crippen molar-refractivity contribution < 1.29 is 4.21 Å². The van der Waals surface area contributed by atoms with Crippen LogP contribution in [0.2, 0.25) is 5.02 Å². The molecule has 2 nitrogen and oxygen atoms in total. The van der Waals surface area contributed by atoms with Crippen LogP contribution in [-0.2, 0) is 16.6 Å². The minimum Gasteiger partial charge on any atom is -0.327 e. The molecule has 1 aromatic carbocycles. The molecule has 1 fully saturated rings. The van der Waals surface area contributed by atoms with E-state index in [9.17, 15) is 4.21 Å². The van der Waals surface area contributed by atoms with Gasteiger partial charge in [0, 0.05) is 27.6 Å². The molecule has 2 rings (SSSR count). The van der Waals surface area contributed by atoms with E-state index in [-0.39, 0.29) is 6.04 Å². The van der Waals surface area contributed by atoms with Crippen LogP contribution >= 0.6 is 11.6 Å². The zero-order chi connectivity index (χ0) is 13.0. The van der Waals surface area contributed by atoms with Gasteiger partial charge in [0.05, 0.1) is 5.75 Å². The summed E-state index contributed by atoms with van der Waals surface area (Å²) in [5, 5.41) is 0.695. The largest absolute Gasteiger partial charge is 0.327 e. The minimum absolute atomic E-state index is 0.0795. The van der Waals surface area contributed by atoms with Crippen molar-refractivity contribution in [3.8, 4) is 0 Å². The van der Waals surface area contributed by atoms with E-state index < -0.39 is 10.8 Å². The molecule has 0 heterocycles. The number of nitrogens with two attached hydrogens (primary N) is 1. The maximum absolute atomic E-state index is 12.1. The summed E-state index contributed by atoms with van der Waals surface area (Å²) in [5.41, 5.74) is 7.10. The highest BCUT2D eigenvalue weighted by atomic mass is 35.5. The third-order valence-electron chi connectivity index (χ3n) is 3.66. The van der Waals surface area contributed by atoms with Gasteiger partial charge >= 0.3 is 0 Å². The minimum atomic E-state index is -0.917. The highest BCUT2D eigenvalue weighted by Crippen LogP contribution is 2.27. The quantitative estimate of drug-likeness (QED) is 0.903. The first kappa shape index (κ1) is 14.0. The van der Waals surface area contributed by atoms with Crippen molar-refractivity contribution >= 4 is 22.4 Å². The fraction of sp³-hybridized carbons (Fsp3) is 0.571. The van der Waals surface area contributed by atoms with Gasteiger partial charge in [-0.25, -0.2) is 0 Å². The molecule has 0 bridgehead atoms. The van der Waals surface area contributed by atoms with Crippen molar-refractivity contribution in [3.63, 3.8) is 0 Å². The number of rotatable bonds is 5. The Kier molecular flexibility index (Phi) is 5.22. The van der Waals surface area contributed by atoms with Gasteiger partial charge in [-0.3, -0.25) is 4.21 Å². The van der Waals surface area contributed by atoms with E-state index in [4.69, 9.17) is 17.3 Å². The van der Waals surface area contributed by atoms with Crippen LogP contribution in [0, 0.1) is 5.92 Å². The Balaban J connectivity index is 1.86. The van der Waals surface area contributed by atoms with E-state index in [1.807, 2.05) is 24.3 Å². The molecular formula is C14H20ClNOS. The second-order valence-electron chi connectivity index (χ2n) is 5.05. The summed E-state index contributed by atoms with van der Waals surface area (Å²) in [7, 11) is -0.917. The smallest absolute Gasteiger partial charge is 0.0501 e. The Morgan fingerprint density at radius 1 is 1.33 bits per heavy atom. The molecule has 1 aromatic rings. The van der Waals surface area contributed by atoms with Crippen LogP contribution in [0.5, 0.6) is 0 Å². The Bertz CT molecular complexity index is 418. The van der Waals surface area contributed by atoms with Gasteiger partial charge < -0.3 is 5.73 Å². The lowest BCUT2D eigenvalue weighted by Gasteiger charge is -2.18. The summed E-state index contributed by atoms with van der Waals surface area (Å²) in [5.74, 6) is 1.68. The van der Waals surface area contributed by atoms with Crippen molar-refractivity contribution in [2.24, 2.45) is 11.7 Å². The lowest BCUT2D eigenvalue weighted by Crippen LogP contribution is -2.34. The molecule has 1 aliphatic rings. The molecule has 0 amide bonds. The molecule has 18 heavy (non-hydrogen) atoms. The third-order valence-corrected chi connectivity index (χ3v) is 5.42. The van der Waals surface area contributed by atoms with Crippen molar-refractivity contribution in [1.82, 2.24) is 0 Å². The Morgan fingerprint density at radius 3 is 2.67 bits per heavy atom. The molecule has 0 aromatic heterocycles. The van der Waals surface area contributed by atoms with Gasteiger partial charge in [-0.1, -0.05) is 42.6 Å². The molecule has 2 atom stereocenters. The van der Waals surface area contributed by atoms with Crippen LogP contribution in [0.3, 0.4) is 0 Å². The molecule has 1 aliphatic carbocycles. The van der Waals surface area contributed by atoms with Crippen molar-refractivity contribution in [3.05, 3.63) is 34.9 Å². The standard InChI is InChI=1S/C14H20ClNOS/c15-13-8-4-3-7-12(13)9-18(17)10-14(16)11-5-1-2-6-11/h3-4,7-8,11,14H,1-2,5-6,9-10,16H2. The SMILES string of the molecule is NC(CS(=O)Cc1ccccc1Cl)C1CCCC1. The van der Waals surface area contributed by atoms with Gasteiger partial charge in [-0.15, -0.1) is 0 Å². The van der Waals surface area contributed by atoms with E-state index in [0.717, 1.165) is 5.56 Å². The highest BCUT2D eigenvalue weighted by molar-refractivity contribution is 7.84. The van der Waals surface area contributed by atoms with E-state index in [2.05, 4.69) is 0 Å². The van der Waals surface area contributed by atoms with E-state index in [1.165, 1.54) is 25.7 Å². The highest BCUT2D eigenvalue weighted by Gasteiger charge is 2.23. The van der Waals surface area contributed by atoms with Crippen LogP contribution in [0.4, 0.5) is 0 Å². The molecule has 100 valence electrons. The van der Waals surface area contributed by atoms with Crippen LogP contribution in [-0.4, -0.2) is 16.0 Å². The van der Waals surface area contributed by atoms with E-state index in [0.29, 0.717) is 22.4 Å². The van der Waals surface area contributed by atoms with Crippen LogP contribution < -0.4 is 5.73 Å². The molecule has 4 heteroatoms. The summed E-state index contributed by atoms with van der Waals surface area (Å²) < 4.78 is 12.1. The summed E-state index contributed by atoms with van der Waals surface area (Å²) in [6.45, 7) is 0. The van der Waals surface area contributed by atoms with Gasteiger partial charge in [0.2, 0.25) is 0 Å². The zero-order valence-corrected chi connectivity index (χ0v) is 12.1. The maximum Gasteiger partial charge on any atom is 0.0501 e. The first-order valence-electron chi connectivity index (χ1n) is 6.51. The van der Waals surface area contributed by atoms with Gasteiger partial charge in [0.25, 0.3) is 0 Å². The molecule has 2 unspecified atom stereocenters. The number of halogens is 1. The van der Waals surface area contributed by atoms with Crippen molar-refractivity contribution in [2.45, 2.75) is 37.5 Å². The first-order chi connectivity index (χ1) is 8.66. The normalized spacial score (nSPS) is 19.9. The van der Waals surface area contributed by atoms with Gasteiger partial charge in [0.15, 0.2) is 0 Å². The third kappa shape index (κ3) is 3.81. The van der Waals surface area contributed by atoms with E-state index in [1.54, 1.807) is 0 Å². The van der Waals surface area contributed by atoms with Crippen LogP contribution in [0.1, 0.15) is 31.2 Å². The molecule has 0 saturated heterocycles. The number of benzene rings is 1. The van der Waals surface area contributed by atoms with E-state index >= 15 is 0 Å². The molecule has 0 radical (unpaired) electrons. The lowest BCUT2D eigenvalue weighted by atomic mass is 10.0. The summed E-state index contributed by atoms with van der Waals surface area (Å²) in [6, 6.07) is 7.66. The summed E-state index contributed by atoms with van der Waals surface area (Å²) >= 11 is 6.07. The fourth-order valence-corrected chi connectivity index (χ4v) is 4.28. The van der Waals surface area contributed by atoms with Gasteiger partial charge in [0.1, 0.15) is 0 Å². The predicted molar refractivity (Wildman–Crippen MR) is 78.1 cm³/mol. The maximum atomic E-state index is 12.1. The summed E-state index contributed by atoms with van der Waals surface area (Å²) in [6.07, 6.45) is 4.94. The first-order valence-corrected chi connectivity index (χ1v) is 8.37. The Labute approximate surface area is 116 Å². The second-order valence-corrected chi connectivity index (χ2v) is 6.96. The zero-order valence-electron chi connectivity index (χ0n) is 10.5. The number of hydrogen-bond donors (Lipinski definition) is 1. The monoisotopic (exact) mass is 285 g/mol. The molecule has 2 N–H and O–H groups in total. The van der Waals surface area contributed by atoms with Crippen LogP contribution in [0.15, 0.2) is 24.3 Å². The Morgan fingerprint density at radius 2 is 2.00 bits per heavy atom. The summed E-state index contributed by atoms with van der Waals surface area (Å²) in [4.78, 5) is 0. The van der Waals surface area contributed by atoms with Gasteiger partial charge in [-0.2, -0.15) is 0 Å². The molecular weight excluding hydrogens is 266 g/mol. The molecule has 0 spiro atoms.